The molecule has 1 unspecified atom stereocenters. The molecule has 1 aromatic carbocycles. The summed E-state index contributed by atoms with van der Waals surface area (Å²) in [6.45, 7) is 0. The number of fused-ring (bicyclic) bond motifs is 1. The summed E-state index contributed by atoms with van der Waals surface area (Å²) >= 11 is 5.97. The molecule has 3 heterocycles. The zero-order valence-electron chi connectivity index (χ0n) is 11.3. The van der Waals surface area contributed by atoms with E-state index in [9.17, 15) is 4.79 Å². The van der Waals surface area contributed by atoms with Crippen LogP contribution in [0.2, 0.25) is 5.02 Å². The minimum atomic E-state index is -0.472. The predicted octanol–water partition coefficient (Wildman–Crippen LogP) is 2.96. The Morgan fingerprint density at radius 1 is 1.30 bits per heavy atom. The molecule has 3 aliphatic heterocycles. The number of carbonyl (C=O) groups is 1. The van der Waals surface area contributed by atoms with E-state index in [-0.39, 0.29) is 17.9 Å². The molecule has 2 bridgehead atoms. The van der Waals surface area contributed by atoms with Crippen LogP contribution in [-0.2, 0) is 9.53 Å². The molecule has 4 aliphatic rings. The molecule has 5 rings (SSSR count). The van der Waals surface area contributed by atoms with Crippen LogP contribution in [0.3, 0.4) is 0 Å². The predicted molar refractivity (Wildman–Crippen MR) is 76.4 cm³/mol. The standard InChI is InChI=1S/C16H16ClNO2/c1-20-15(19)16-11-4-8-13(9-5-11)18(16)14(16)10-2-6-12(17)7-3-10/h2-4,6-8,11,13-14H,5,9H2,1H3/t11-,13+,14+,16+,18?/m0/s1. The van der Waals surface area contributed by atoms with Crippen LogP contribution in [0.15, 0.2) is 36.4 Å². The summed E-state index contributed by atoms with van der Waals surface area (Å²) in [5.74, 6) is 0.164. The van der Waals surface area contributed by atoms with Crippen molar-refractivity contribution in [1.82, 2.24) is 4.90 Å². The van der Waals surface area contributed by atoms with Crippen LogP contribution in [0.5, 0.6) is 0 Å². The number of esters is 1. The maximum absolute atomic E-state index is 12.4. The summed E-state index contributed by atoms with van der Waals surface area (Å²) in [5.41, 5.74) is 0.681. The first-order valence-corrected chi connectivity index (χ1v) is 7.38. The fourth-order valence-electron chi connectivity index (χ4n) is 4.18. The Kier molecular flexibility index (Phi) is 2.54. The maximum atomic E-state index is 12.4. The van der Waals surface area contributed by atoms with Crippen molar-refractivity contribution in [3.8, 4) is 0 Å². The molecule has 0 amide bonds. The lowest BCUT2D eigenvalue weighted by Crippen LogP contribution is -2.47. The van der Waals surface area contributed by atoms with Crippen LogP contribution in [0, 0.1) is 5.92 Å². The number of hydrogen-bond acceptors (Lipinski definition) is 3. The summed E-state index contributed by atoms with van der Waals surface area (Å²) in [6.07, 6.45) is 6.64. The van der Waals surface area contributed by atoms with E-state index < -0.39 is 5.54 Å². The van der Waals surface area contributed by atoms with Gasteiger partial charge in [-0.15, -0.1) is 0 Å². The van der Waals surface area contributed by atoms with E-state index in [1.54, 1.807) is 0 Å². The third-order valence-electron chi connectivity index (χ3n) is 5.01. The average Bonchev–Trinajstić information content (AvgIpc) is 3.22. The van der Waals surface area contributed by atoms with E-state index in [1.807, 2.05) is 24.3 Å². The SMILES string of the molecule is COC(=O)[C@]12[C@H]3C=C[C@H](CC3)N1[C@@H]2c1ccc(Cl)cc1. The van der Waals surface area contributed by atoms with Crippen molar-refractivity contribution in [2.45, 2.75) is 30.5 Å². The summed E-state index contributed by atoms with van der Waals surface area (Å²) in [5, 5.41) is 0.723. The number of benzene rings is 1. The lowest BCUT2D eigenvalue weighted by Gasteiger charge is -2.36. The second kappa shape index (κ2) is 4.09. The van der Waals surface area contributed by atoms with E-state index in [2.05, 4.69) is 17.1 Å². The fourth-order valence-corrected chi connectivity index (χ4v) is 4.31. The molecule has 0 spiro atoms. The highest BCUT2D eigenvalue weighted by molar-refractivity contribution is 6.30. The van der Waals surface area contributed by atoms with Gasteiger partial charge in [0, 0.05) is 17.0 Å². The summed E-state index contributed by atoms with van der Waals surface area (Å²) in [4.78, 5) is 14.8. The molecule has 2 fully saturated rings. The second-order valence-corrected chi connectivity index (χ2v) is 6.25. The van der Waals surface area contributed by atoms with E-state index in [1.165, 1.54) is 7.11 Å². The van der Waals surface area contributed by atoms with Crippen LogP contribution >= 0.6 is 11.6 Å². The fraction of sp³-hybridized carbons (Fsp3) is 0.438. The van der Waals surface area contributed by atoms with E-state index in [0.717, 1.165) is 23.4 Å². The van der Waals surface area contributed by atoms with Gasteiger partial charge in [0.1, 0.15) is 5.54 Å². The molecule has 2 saturated heterocycles. The highest BCUT2D eigenvalue weighted by Gasteiger charge is 2.76. The van der Waals surface area contributed by atoms with Crippen molar-refractivity contribution in [2.75, 3.05) is 7.11 Å². The third kappa shape index (κ3) is 1.37. The third-order valence-corrected chi connectivity index (χ3v) is 5.27. The Hall–Kier alpha value is -1.32. The molecule has 20 heavy (non-hydrogen) atoms. The number of methoxy groups -OCH3 is 1. The summed E-state index contributed by atoms with van der Waals surface area (Å²) in [7, 11) is 1.48. The molecule has 5 atom stereocenters. The molecule has 0 N–H and O–H groups in total. The number of nitrogens with zero attached hydrogens (tertiary/aromatic N) is 1. The topological polar surface area (TPSA) is 29.3 Å². The highest BCUT2D eigenvalue weighted by atomic mass is 35.5. The van der Waals surface area contributed by atoms with Gasteiger partial charge in [0.05, 0.1) is 13.2 Å². The van der Waals surface area contributed by atoms with Crippen LogP contribution in [0.4, 0.5) is 0 Å². The number of carbonyl (C=O) groups excluding carboxylic acids is 1. The smallest absolute Gasteiger partial charge is 0.328 e. The first-order chi connectivity index (χ1) is 9.69. The van der Waals surface area contributed by atoms with Crippen molar-refractivity contribution in [2.24, 2.45) is 5.92 Å². The van der Waals surface area contributed by atoms with Crippen molar-refractivity contribution in [3.63, 3.8) is 0 Å². The largest absolute Gasteiger partial charge is 0.468 e. The van der Waals surface area contributed by atoms with Gasteiger partial charge in [-0.05, 0) is 30.5 Å². The van der Waals surface area contributed by atoms with Gasteiger partial charge in [-0.1, -0.05) is 35.9 Å². The molecule has 0 saturated carbocycles. The van der Waals surface area contributed by atoms with Crippen molar-refractivity contribution in [1.29, 1.82) is 0 Å². The monoisotopic (exact) mass is 289 g/mol. The first kappa shape index (κ1) is 12.4. The lowest BCUT2D eigenvalue weighted by atomic mass is 9.77. The second-order valence-electron chi connectivity index (χ2n) is 5.81. The summed E-state index contributed by atoms with van der Waals surface area (Å²) < 4.78 is 5.12. The van der Waals surface area contributed by atoms with E-state index in [0.29, 0.717) is 6.04 Å². The van der Waals surface area contributed by atoms with Gasteiger partial charge in [0.15, 0.2) is 0 Å². The minimum absolute atomic E-state index is 0.100. The number of ether oxygens (including phenoxy) is 1. The number of halogens is 1. The molecule has 1 aromatic rings. The Morgan fingerprint density at radius 2 is 2.05 bits per heavy atom. The molecular formula is C16H16ClNO2. The number of hydrogen-bond donors (Lipinski definition) is 0. The first-order valence-electron chi connectivity index (χ1n) is 7.00. The molecule has 104 valence electrons. The Morgan fingerprint density at radius 3 is 2.65 bits per heavy atom. The molecule has 1 aliphatic carbocycles. The Balaban J connectivity index is 1.78. The van der Waals surface area contributed by atoms with Gasteiger partial charge in [0.25, 0.3) is 0 Å². The van der Waals surface area contributed by atoms with Gasteiger partial charge in [-0.25, -0.2) is 4.79 Å². The van der Waals surface area contributed by atoms with E-state index in [4.69, 9.17) is 16.3 Å². The quantitative estimate of drug-likeness (QED) is 0.476. The normalized spacial score (nSPS) is 40.3. The Labute approximate surface area is 123 Å². The van der Waals surface area contributed by atoms with Crippen molar-refractivity contribution < 1.29 is 9.53 Å². The van der Waals surface area contributed by atoms with E-state index >= 15 is 0 Å². The van der Waals surface area contributed by atoms with Gasteiger partial charge < -0.3 is 4.74 Å². The zero-order chi connectivity index (χ0) is 13.9. The zero-order valence-corrected chi connectivity index (χ0v) is 12.0. The van der Waals surface area contributed by atoms with Crippen LogP contribution < -0.4 is 0 Å². The summed E-state index contributed by atoms with van der Waals surface area (Å²) in [6, 6.07) is 8.32. The molecule has 4 heteroatoms. The van der Waals surface area contributed by atoms with Crippen LogP contribution in [-0.4, -0.2) is 29.6 Å². The minimum Gasteiger partial charge on any atom is -0.468 e. The molecular weight excluding hydrogens is 274 g/mol. The van der Waals surface area contributed by atoms with Gasteiger partial charge in [0.2, 0.25) is 0 Å². The molecule has 3 nitrogen and oxygen atoms in total. The van der Waals surface area contributed by atoms with Crippen molar-refractivity contribution in [3.05, 3.63) is 47.0 Å². The van der Waals surface area contributed by atoms with Gasteiger partial charge in [-0.2, -0.15) is 0 Å². The van der Waals surface area contributed by atoms with Gasteiger partial charge in [-0.3, -0.25) is 4.90 Å². The number of piperidine rings is 1. The molecule has 0 aromatic heterocycles. The highest BCUT2D eigenvalue weighted by Crippen LogP contribution is 2.65. The molecule has 0 radical (unpaired) electrons. The van der Waals surface area contributed by atoms with Crippen molar-refractivity contribution >= 4 is 17.6 Å². The van der Waals surface area contributed by atoms with Crippen LogP contribution in [0.1, 0.15) is 24.4 Å². The van der Waals surface area contributed by atoms with Gasteiger partial charge >= 0.3 is 5.97 Å². The Bertz CT molecular complexity index is 597. The average molecular weight is 290 g/mol. The van der Waals surface area contributed by atoms with Crippen LogP contribution in [0.25, 0.3) is 0 Å². The lowest BCUT2D eigenvalue weighted by molar-refractivity contribution is -0.147. The maximum Gasteiger partial charge on any atom is 0.328 e. The number of rotatable bonds is 2.